The highest BCUT2D eigenvalue weighted by molar-refractivity contribution is 7.07. The van der Waals surface area contributed by atoms with Crippen molar-refractivity contribution >= 4 is 40.6 Å². The molecule has 0 N–H and O–H groups in total. The highest BCUT2D eigenvalue weighted by Gasteiger charge is 2.27. The first-order valence-electron chi connectivity index (χ1n) is 17.6. The molecular formula is C48H31F12N9S. The van der Waals surface area contributed by atoms with E-state index >= 15 is 0 Å². The van der Waals surface area contributed by atoms with Gasteiger partial charge in [-0.3, -0.25) is 0 Å². The van der Waals surface area contributed by atoms with Crippen LogP contribution in [0.5, 0.6) is 0 Å². The van der Waals surface area contributed by atoms with Gasteiger partial charge in [0.05, 0.1) is 56.1 Å². The molecule has 0 radical (unpaired) electrons. The van der Waals surface area contributed by atoms with Crippen LogP contribution < -0.4 is 9.06 Å². The third-order valence-electron chi connectivity index (χ3n) is 6.78. The van der Waals surface area contributed by atoms with Crippen LogP contribution in [0, 0.1) is 132 Å². The quantitative estimate of drug-likeness (QED) is 0.0887. The van der Waals surface area contributed by atoms with Gasteiger partial charge in [0.1, 0.15) is 23.3 Å². The summed E-state index contributed by atoms with van der Waals surface area (Å²) in [5, 5.41) is 16.6. The first-order valence-corrected chi connectivity index (χ1v) is 18.5. The molecule has 22 heteroatoms. The van der Waals surface area contributed by atoms with Crippen LogP contribution in [0.2, 0.25) is 0 Å². The Bertz CT molecular complexity index is 3070. The predicted octanol–water partition coefficient (Wildman–Crippen LogP) is 14.2. The Morgan fingerprint density at radius 3 is 0.971 bits per heavy atom. The van der Waals surface area contributed by atoms with Crippen molar-refractivity contribution in [3.05, 3.63) is 244 Å². The van der Waals surface area contributed by atoms with Crippen molar-refractivity contribution in [2.75, 3.05) is 0 Å². The molecule has 9 nitrogen and oxygen atoms in total. The Balaban J connectivity index is -0.000000784. The smallest absolute Gasteiger partial charge is 0.244 e. The number of allylic oxidation sites excluding steroid dienone is 4. The number of hydrogen-bond acceptors (Lipinski definition) is 4. The fraction of sp³-hybridized carbons (Fsp3) is 0.104. The molecule has 0 amide bonds. The molecule has 0 aliphatic rings. The number of thiophene rings is 1. The summed E-state index contributed by atoms with van der Waals surface area (Å²) in [6, 6.07) is 5.90. The number of nitrogens with zero attached hydrogens (tertiary/aromatic N) is 9. The molecule has 4 rings (SSSR count). The van der Waals surface area contributed by atoms with Crippen molar-refractivity contribution in [3.8, 4) is 12.1 Å². The van der Waals surface area contributed by atoms with Gasteiger partial charge in [-0.2, -0.15) is 24.3 Å². The average Bonchev–Trinajstić information content (AvgIpc) is 3.76. The molecule has 0 unspecified atom stereocenters. The van der Waals surface area contributed by atoms with Crippen LogP contribution in [0.3, 0.4) is 0 Å². The van der Waals surface area contributed by atoms with Crippen LogP contribution in [0.15, 0.2) is 68.7 Å². The van der Waals surface area contributed by atoms with Crippen molar-refractivity contribution in [1.29, 1.82) is 10.5 Å². The minimum absolute atomic E-state index is 0.160. The number of benzene rings is 2. The summed E-state index contributed by atoms with van der Waals surface area (Å²) in [5.74, 6) is -20.9. The number of hydrogen-bond donors (Lipinski definition) is 0. The second kappa shape index (κ2) is 31.5. The summed E-state index contributed by atoms with van der Waals surface area (Å²) < 4.78 is 157. The molecule has 0 aliphatic heterocycles. The molecule has 0 saturated heterocycles. The third kappa shape index (κ3) is 19.6. The lowest BCUT2D eigenvalue weighted by molar-refractivity contribution is 0.404. The minimum Gasteiger partial charge on any atom is -0.244 e. The number of aromatic nitrogens is 1. The van der Waals surface area contributed by atoms with E-state index in [1.54, 1.807) is 32.1 Å². The molecule has 0 bridgehead atoms. The summed E-state index contributed by atoms with van der Waals surface area (Å²) in [4.78, 5) is 19.6. The molecule has 0 aliphatic carbocycles. The molecular weight excluding hydrogens is 963 g/mol. The minimum atomic E-state index is -1.83. The topological polar surface area (TPSA) is 86.6 Å². The lowest BCUT2D eigenvalue weighted by atomic mass is 10.0. The molecule has 2 aromatic heterocycles. The summed E-state index contributed by atoms with van der Waals surface area (Å²) in [7, 11) is 0. The van der Waals surface area contributed by atoms with Crippen LogP contribution >= 0.6 is 11.3 Å². The van der Waals surface area contributed by atoms with Crippen LogP contribution in [-0.4, -0.2) is 4.98 Å². The zero-order valence-corrected chi connectivity index (χ0v) is 37.9. The molecule has 0 spiro atoms. The molecule has 358 valence electrons. The van der Waals surface area contributed by atoms with E-state index in [1.807, 2.05) is 19.1 Å². The summed E-state index contributed by atoms with van der Waals surface area (Å²) in [5.41, 5.74) is -5.09. The summed E-state index contributed by atoms with van der Waals surface area (Å²) >= 11 is 1.56. The second-order valence-corrected chi connectivity index (χ2v) is 13.5. The van der Waals surface area contributed by atoms with E-state index in [2.05, 4.69) is 80.1 Å². The van der Waals surface area contributed by atoms with Crippen molar-refractivity contribution in [2.24, 2.45) is 0 Å². The number of pyridine rings is 1. The monoisotopic (exact) mass is 993 g/mol. The average molecular weight is 994 g/mol. The maximum Gasteiger partial charge on any atom is 0.251 e. The second-order valence-electron chi connectivity index (χ2n) is 12.3. The summed E-state index contributed by atoms with van der Waals surface area (Å²) in [6.45, 7) is 69.0. The van der Waals surface area contributed by atoms with Gasteiger partial charge >= 0.3 is 0 Å². The van der Waals surface area contributed by atoms with E-state index in [4.69, 9.17) is 50.0 Å². The van der Waals surface area contributed by atoms with Crippen LogP contribution in [0.1, 0.15) is 62.4 Å². The Labute approximate surface area is 398 Å². The van der Waals surface area contributed by atoms with Crippen LogP contribution in [0.4, 0.5) is 52.7 Å². The Morgan fingerprint density at radius 1 is 0.471 bits per heavy atom. The van der Waals surface area contributed by atoms with Crippen LogP contribution in [-0.2, 0) is 0 Å². The first-order chi connectivity index (χ1) is 32.4. The lowest BCUT2D eigenvalue weighted by Gasteiger charge is -2.07. The van der Waals surface area contributed by atoms with Gasteiger partial charge in [0, 0.05) is 9.06 Å². The molecule has 0 atom stereocenters. The SMILES string of the molecule is C=C(C)c1c(F)c(F)c(C#N)c(F)c1F.[C-]#[N+]/C(C)=c1\ccc(=C)s1.[C-]#[N+]C(=C)C.[C-]#[N+]C(=C)C.[C-]#[N+]C(=C)C.[C-]#[N+]C(=C)c1c(F)c(F)c(C#N)c(F)c1F.[C-]#[N+]C(=C)c1c(F)c(F)nc(F)c1F. The maximum atomic E-state index is 13.2. The summed E-state index contributed by atoms with van der Waals surface area (Å²) in [6.07, 6.45) is 0. The van der Waals surface area contributed by atoms with Gasteiger partial charge in [0.15, 0.2) is 92.4 Å². The Hall–Kier alpha value is -9.45. The van der Waals surface area contributed by atoms with Crippen molar-refractivity contribution < 1.29 is 52.7 Å². The molecule has 0 fully saturated rings. The van der Waals surface area contributed by atoms with Gasteiger partial charge in [0.2, 0.25) is 0 Å². The first kappa shape index (κ1) is 64.8. The van der Waals surface area contributed by atoms with Gasteiger partial charge in [-0.25, -0.2) is 73.0 Å². The lowest BCUT2D eigenvalue weighted by Crippen LogP contribution is -2.05. The fourth-order valence-electron chi connectivity index (χ4n) is 3.57. The van der Waals surface area contributed by atoms with Crippen LogP contribution in [0.25, 0.3) is 58.3 Å². The van der Waals surface area contributed by atoms with Crippen molar-refractivity contribution in [2.45, 2.75) is 34.6 Å². The van der Waals surface area contributed by atoms with Crippen molar-refractivity contribution in [3.63, 3.8) is 0 Å². The number of rotatable bonds is 3. The standard InChI is InChI=1S/C10H2F4N2.C10H5F4N.C8H2F4N2.C8H7NS.3C4H5N/c1-4(16-2)6-9(13)7(11)5(3-15)8(12)10(6)14;1-4(2)6-9(13)7(11)5(3-15)8(12)10(6)14;1-3(13-2)4-5(9)7(11)14-8(12)6(4)10;1-6-4-5-8(10-6)7(2)9-3;3*1-4(2)5-3/h1H2;1H2,2H3;1H2;4-5H,1H2,2H3;3*1H2,2H3/b;;;8-7+;;;. The molecule has 4 aromatic rings. The molecule has 2 heterocycles. The molecule has 70 heavy (non-hydrogen) atoms. The largest absolute Gasteiger partial charge is 0.251 e. The predicted molar refractivity (Wildman–Crippen MR) is 241 cm³/mol. The van der Waals surface area contributed by atoms with Gasteiger partial charge in [0.25, 0.3) is 11.9 Å². The van der Waals surface area contributed by atoms with E-state index in [0.29, 0.717) is 17.1 Å². The van der Waals surface area contributed by atoms with Gasteiger partial charge in [-0.1, -0.05) is 52.1 Å². The third-order valence-corrected chi connectivity index (χ3v) is 7.83. The fourth-order valence-corrected chi connectivity index (χ4v) is 4.32. The Morgan fingerprint density at radius 2 is 0.757 bits per heavy atom. The van der Waals surface area contributed by atoms with Gasteiger partial charge < -0.3 is 0 Å². The van der Waals surface area contributed by atoms with Crippen molar-refractivity contribution in [1.82, 2.24) is 4.98 Å². The highest BCUT2D eigenvalue weighted by Crippen LogP contribution is 2.30. The zero-order valence-electron chi connectivity index (χ0n) is 37.1. The normalized spacial score (nSPS) is 9.16. The Kier molecular flexibility index (Phi) is 29.1. The maximum absolute atomic E-state index is 13.2. The van der Waals surface area contributed by atoms with Gasteiger partial charge in [-0.15, -0.1) is 11.3 Å². The van der Waals surface area contributed by atoms with Gasteiger partial charge in [-0.05, 0) is 46.3 Å². The highest BCUT2D eigenvalue weighted by atomic mass is 32.1. The van der Waals surface area contributed by atoms with E-state index in [9.17, 15) is 52.7 Å². The van der Waals surface area contributed by atoms with E-state index in [1.165, 1.54) is 6.92 Å². The number of nitriles is 2. The zero-order chi connectivity index (χ0) is 55.5. The van der Waals surface area contributed by atoms with E-state index in [0.717, 1.165) is 26.9 Å². The molecule has 2 aromatic carbocycles. The molecule has 0 saturated carbocycles. The van der Waals surface area contributed by atoms with E-state index < -0.39 is 109 Å². The van der Waals surface area contributed by atoms with E-state index in [-0.39, 0.29) is 5.57 Å². The number of halogens is 12.